The molecule has 0 unspecified atom stereocenters. The largest absolute Gasteiger partial charge is 0.309 e. The summed E-state index contributed by atoms with van der Waals surface area (Å²) in [5.74, 6) is 0. The fourth-order valence-electron chi connectivity index (χ4n) is 18.2. The van der Waals surface area contributed by atoms with Gasteiger partial charge in [0.2, 0.25) is 0 Å². The van der Waals surface area contributed by atoms with E-state index in [2.05, 4.69) is 436 Å². The summed E-state index contributed by atoms with van der Waals surface area (Å²) in [5, 5.41) is 20.3. The van der Waals surface area contributed by atoms with E-state index < -0.39 is 0 Å². The molecule has 0 saturated heterocycles. The number of rotatable bonds is 10. The molecule has 2 aromatic heterocycles. The first-order chi connectivity index (χ1) is 54.8. The van der Waals surface area contributed by atoms with E-state index >= 15 is 0 Å². The SMILES string of the molecule is CC1(C)c2cc(/C=C/c3ccc(-c4ccc5c(c4)c4ccccc4n5-c4ccccc4)c4ccccc34)ccc2-c2ccc(/C=C/c3ccc(-c4ccc5c(c4)c4ccccc4n5-c4ccccc4)c4ccccc34)cc21.c1ccc2cc(-c3c4ccccc4c(-c4ccc5ccccc5c4)c4ccccc34)ccc2c1. The maximum absolute atomic E-state index is 2.41. The highest BCUT2D eigenvalue weighted by Gasteiger charge is 2.36. The number of aromatic nitrogens is 2. The number of nitrogens with zero attached hydrogens (tertiary/aromatic N) is 2. The highest BCUT2D eigenvalue weighted by atomic mass is 15.0. The third-order valence-electron chi connectivity index (χ3n) is 23.6. The van der Waals surface area contributed by atoms with Crippen molar-refractivity contribution in [3.63, 3.8) is 0 Å². The van der Waals surface area contributed by atoms with Gasteiger partial charge in [0.15, 0.2) is 0 Å². The first-order valence-electron chi connectivity index (χ1n) is 38.6. The Labute approximate surface area is 645 Å². The molecular weight excluding hydrogens is 1340 g/mol. The number of hydrogen-bond acceptors (Lipinski definition) is 0. The number of benzene rings is 19. The lowest BCUT2D eigenvalue weighted by Crippen LogP contribution is -2.15. The van der Waals surface area contributed by atoms with Gasteiger partial charge in [0.25, 0.3) is 0 Å². The monoisotopic (exact) mass is 1410 g/mol. The van der Waals surface area contributed by atoms with Crippen molar-refractivity contribution >= 4 is 133 Å². The van der Waals surface area contributed by atoms with Crippen LogP contribution in [0, 0.1) is 0 Å². The van der Waals surface area contributed by atoms with Gasteiger partial charge in [-0.05, 0) is 226 Å². The summed E-state index contributed by atoms with van der Waals surface area (Å²) in [6, 6.07) is 142. The molecular formula is C109H74N2. The van der Waals surface area contributed by atoms with Crippen LogP contribution in [0.3, 0.4) is 0 Å². The van der Waals surface area contributed by atoms with Crippen LogP contribution in [0.4, 0.5) is 0 Å². The van der Waals surface area contributed by atoms with Crippen LogP contribution in [-0.2, 0) is 5.41 Å². The molecule has 0 fully saturated rings. The van der Waals surface area contributed by atoms with Gasteiger partial charge in [-0.25, -0.2) is 0 Å². The molecule has 1 aliphatic carbocycles. The second-order valence-corrected chi connectivity index (χ2v) is 30.2. The highest BCUT2D eigenvalue weighted by Crippen LogP contribution is 2.51. The predicted molar refractivity (Wildman–Crippen MR) is 477 cm³/mol. The molecule has 0 aliphatic heterocycles. The van der Waals surface area contributed by atoms with Crippen molar-refractivity contribution in [3.05, 3.63) is 422 Å². The fourth-order valence-corrected chi connectivity index (χ4v) is 18.2. The zero-order valence-electron chi connectivity index (χ0n) is 61.7. The molecule has 0 radical (unpaired) electrons. The number of hydrogen-bond donors (Lipinski definition) is 0. The second-order valence-electron chi connectivity index (χ2n) is 30.2. The zero-order chi connectivity index (χ0) is 73.7. The molecule has 19 aromatic carbocycles. The molecule has 2 heteroatoms. The van der Waals surface area contributed by atoms with Gasteiger partial charge in [-0.3, -0.25) is 0 Å². The highest BCUT2D eigenvalue weighted by molar-refractivity contribution is 6.22. The lowest BCUT2D eigenvalue weighted by Gasteiger charge is -2.22. The molecule has 0 bridgehead atoms. The fraction of sp³-hybridized carbons (Fsp3) is 0.0275. The summed E-state index contributed by atoms with van der Waals surface area (Å²) in [6.45, 7) is 4.76. The Bertz CT molecular complexity index is 6910. The van der Waals surface area contributed by atoms with Gasteiger partial charge in [-0.15, -0.1) is 0 Å². The molecule has 22 rings (SSSR count). The van der Waals surface area contributed by atoms with Crippen LogP contribution >= 0.6 is 0 Å². The maximum atomic E-state index is 2.41. The Kier molecular flexibility index (Phi) is 15.6. The quantitative estimate of drug-likeness (QED) is 0.0954. The molecule has 21 aromatic rings. The molecule has 0 amide bonds. The average Bonchev–Trinajstić information content (AvgIpc) is 1.73. The van der Waals surface area contributed by atoms with Crippen molar-refractivity contribution < 1.29 is 0 Å². The maximum Gasteiger partial charge on any atom is 0.0541 e. The Morgan fingerprint density at radius 1 is 0.207 bits per heavy atom. The summed E-state index contributed by atoms with van der Waals surface area (Å²) < 4.78 is 4.76. The lowest BCUT2D eigenvalue weighted by molar-refractivity contribution is 0.660. The van der Waals surface area contributed by atoms with Crippen LogP contribution < -0.4 is 0 Å². The lowest BCUT2D eigenvalue weighted by atomic mass is 9.81. The Morgan fingerprint density at radius 3 is 0.946 bits per heavy atom. The van der Waals surface area contributed by atoms with Crippen molar-refractivity contribution in [1.29, 1.82) is 0 Å². The Hall–Kier alpha value is -14.2. The number of para-hydroxylation sites is 4. The van der Waals surface area contributed by atoms with Crippen LogP contribution in [0.5, 0.6) is 0 Å². The standard InChI is InChI=1S/C75H52N2.C34H22/c1-75(2)69-45-49(29-33-51-35-41-59(61-23-11-9-21-57(51)61)53-37-43-73-67(47-53)65-25-13-15-27-71(65)76(73)55-17-5-3-6-18-55)31-39-63(69)64-40-32-50(46-70(64)75)30-34-52-36-42-60(62-24-12-10-22-58(52)62)54-38-44-74-68(48-54)66-26-14-16-28-72(66)77(74)56-19-7-4-8-20-56;1-3-11-25-21-27(19-17-23(25)9-1)33-29-13-5-7-15-31(29)34(32-16-8-6-14-30(32)33)28-20-18-24-10-2-4-12-26(24)22-28/h3-48H,1-2H3;1-22H/b33-29+,34-30+;. The summed E-state index contributed by atoms with van der Waals surface area (Å²) in [4.78, 5) is 0. The van der Waals surface area contributed by atoms with E-state index in [1.165, 1.54) is 209 Å². The van der Waals surface area contributed by atoms with E-state index in [0.717, 1.165) is 0 Å². The molecule has 2 heterocycles. The van der Waals surface area contributed by atoms with Crippen LogP contribution in [-0.4, -0.2) is 9.13 Å². The van der Waals surface area contributed by atoms with E-state index in [1.807, 2.05) is 0 Å². The average molecular weight is 1410 g/mol. The molecule has 520 valence electrons. The Morgan fingerprint density at radius 2 is 0.532 bits per heavy atom. The molecule has 2 nitrogen and oxygen atoms in total. The van der Waals surface area contributed by atoms with Crippen molar-refractivity contribution in [2.24, 2.45) is 0 Å². The summed E-state index contributed by atoms with van der Waals surface area (Å²) in [7, 11) is 0. The van der Waals surface area contributed by atoms with E-state index in [-0.39, 0.29) is 5.41 Å². The Balaban J connectivity index is 0.000000190. The first-order valence-corrected chi connectivity index (χ1v) is 38.6. The van der Waals surface area contributed by atoms with Gasteiger partial charge in [0, 0.05) is 38.3 Å². The predicted octanol–water partition coefficient (Wildman–Crippen LogP) is 29.8. The summed E-state index contributed by atoms with van der Waals surface area (Å²) >= 11 is 0. The van der Waals surface area contributed by atoms with Gasteiger partial charge >= 0.3 is 0 Å². The zero-order valence-corrected chi connectivity index (χ0v) is 61.7. The van der Waals surface area contributed by atoms with Crippen molar-refractivity contribution in [2.45, 2.75) is 19.3 Å². The van der Waals surface area contributed by atoms with Crippen LogP contribution in [0.15, 0.2) is 388 Å². The third kappa shape index (κ3) is 11.1. The van der Waals surface area contributed by atoms with Gasteiger partial charge in [0.05, 0.1) is 22.1 Å². The topological polar surface area (TPSA) is 9.86 Å². The van der Waals surface area contributed by atoms with Gasteiger partial charge in [0.1, 0.15) is 0 Å². The summed E-state index contributed by atoms with van der Waals surface area (Å²) in [5.41, 5.74) is 27.3. The van der Waals surface area contributed by atoms with Crippen molar-refractivity contribution in [2.75, 3.05) is 0 Å². The van der Waals surface area contributed by atoms with Gasteiger partial charge in [-0.2, -0.15) is 0 Å². The third-order valence-corrected chi connectivity index (χ3v) is 23.6. The van der Waals surface area contributed by atoms with Crippen molar-refractivity contribution in [3.8, 4) is 67.0 Å². The number of fused-ring (bicyclic) bond motifs is 15. The van der Waals surface area contributed by atoms with Crippen LogP contribution in [0.2, 0.25) is 0 Å². The van der Waals surface area contributed by atoms with Crippen LogP contribution in [0.25, 0.3) is 200 Å². The van der Waals surface area contributed by atoms with E-state index in [4.69, 9.17) is 0 Å². The smallest absolute Gasteiger partial charge is 0.0541 e. The van der Waals surface area contributed by atoms with Gasteiger partial charge < -0.3 is 9.13 Å². The minimum atomic E-state index is -0.163. The van der Waals surface area contributed by atoms with Crippen LogP contribution in [0.1, 0.15) is 47.2 Å². The molecule has 1 aliphatic rings. The van der Waals surface area contributed by atoms with E-state index in [1.54, 1.807) is 0 Å². The molecule has 0 N–H and O–H groups in total. The molecule has 0 atom stereocenters. The normalized spacial score (nSPS) is 12.6. The van der Waals surface area contributed by atoms with Crippen molar-refractivity contribution in [1.82, 2.24) is 9.13 Å². The minimum absolute atomic E-state index is 0.163. The van der Waals surface area contributed by atoms with E-state index in [0.29, 0.717) is 0 Å². The van der Waals surface area contributed by atoms with Gasteiger partial charge in [-0.1, -0.05) is 354 Å². The first kappa shape index (κ1) is 65.1. The summed E-state index contributed by atoms with van der Waals surface area (Å²) in [6.07, 6.45) is 9.17. The van der Waals surface area contributed by atoms with E-state index in [9.17, 15) is 0 Å². The second kappa shape index (κ2) is 26.6. The molecule has 0 spiro atoms. The molecule has 111 heavy (non-hydrogen) atoms. The minimum Gasteiger partial charge on any atom is -0.309 e. The molecule has 0 saturated carbocycles.